The molecule has 1 rings (SSSR count). The molecule has 0 unspecified atom stereocenters. The van der Waals surface area contributed by atoms with Gasteiger partial charge in [0.15, 0.2) is 0 Å². The summed E-state index contributed by atoms with van der Waals surface area (Å²) in [4.78, 5) is 17.9. The molecule has 0 aliphatic rings. The highest BCUT2D eigenvalue weighted by molar-refractivity contribution is 5.82. The van der Waals surface area contributed by atoms with Crippen LogP contribution in [0, 0.1) is 5.41 Å². The second-order valence-electron chi connectivity index (χ2n) is 5.49. The van der Waals surface area contributed by atoms with E-state index >= 15 is 0 Å². The molecule has 0 aliphatic carbocycles. The van der Waals surface area contributed by atoms with Crippen LogP contribution in [0.25, 0.3) is 0 Å². The van der Waals surface area contributed by atoms with Gasteiger partial charge in [-0.2, -0.15) is 0 Å². The van der Waals surface area contributed by atoms with E-state index < -0.39 is 6.04 Å². The Kier molecular flexibility index (Phi) is 3.93. The third kappa shape index (κ3) is 3.30. The lowest BCUT2D eigenvalue weighted by molar-refractivity contribution is -0.134. The molecule has 1 heterocycles. The molecule has 1 amide bonds. The highest BCUT2D eigenvalue weighted by Crippen LogP contribution is 2.19. The molecule has 5 heteroatoms. The van der Waals surface area contributed by atoms with Crippen LogP contribution in [0.1, 0.15) is 26.6 Å². The van der Waals surface area contributed by atoms with Gasteiger partial charge in [0.05, 0.1) is 12.6 Å². The second kappa shape index (κ2) is 4.87. The lowest BCUT2D eigenvalue weighted by Gasteiger charge is -2.29. The van der Waals surface area contributed by atoms with Crippen molar-refractivity contribution >= 4 is 5.91 Å². The number of rotatable bonds is 3. The van der Waals surface area contributed by atoms with E-state index in [0.29, 0.717) is 6.54 Å². The summed E-state index contributed by atoms with van der Waals surface area (Å²) < 4.78 is 1.90. The van der Waals surface area contributed by atoms with Gasteiger partial charge in [-0.25, -0.2) is 4.98 Å². The summed E-state index contributed by atoms with van der Waals surface area (Å²) >= 11 is 0. The van der Waals surface area contributed by atoms with Gasteiger partial charge in [0.25, 0.3) is 0 Å². The van der Waals surface area contributed by atoms with Crippen LogP contribution in [0.2, 0.25) is 0 Å². The number of likely N-dealkylation sites (N-methyl/N-ethyl adjacent to an activating group) is 1. The van der Waals surface area contributed by atoms with Gasteiger partial charge in [-0.1, -0.05) is 20.8 Å². The van der Waals surface area contributed by atoms with Crippen molar-refractivity contribution in [2.45, 2.75) is 33.4 Å². The Morgan fingerprint density at radius 2 is 2.18 bits per heavy atom. The lowest BCUT2D eigenvalue weighted by atomic mass is 9.86. The maximum Gasteiger partial charge on any atom is 0.240 e. The first-order valence-corrected chi connectivity index (χ1v) is 5.70. The first kappa shape index (κ1) is 13.7. The molecule has 2 N–H and O–H groups in total. The normalized spacial score (nSPS) is 13.5. The van der Waals surface area contributed by atoms with Crippen molar-refractivity contribution < 1.29 is 4.79 Å². The second-order valence-corrected chi connectivity index (χ2v) is 5.49. The highest BCUT2D eigenvalue weighted by Gasteiger charge is 2.29. The van der Waals surface area contributed by atoms with Gasteiger partial charge in [0, 0.05) is 26.5 Å². The minimum atomic E-state index is -0.493. The molecule has 0 aliphatic heterocycles. The van der Waals surface area contributed by atoms with Crippen LogP contribution in [-0.4, -0.2) is 33.4 Å². The fraction of sp³-hybridized carbons (Fsp3) is 0.667. The molecule has 17 heavy (non-hydrogen) atoms. The molecule has 5 nitrogen and oxygen atoms in total. The number of carbonyl (C=O) groups is 1. The van der Waals surface area contributed by atoms with Crippen molar-refractivity contribution in [3.8, 4) is 0 Å². The Bertz CT molecular complexity index is 391. The summed E-state index contributed by atoms with van der Waals surface area (Å²) in [6.45, 7) is 6.37. The molecule has 0 aromatic carbocycles. The van der Waals surface area contributed by atoms with E-state index in [0.717, 1.165) is 5.82 Å². The Morgan fingerprint density at radius 1 is 1.59 bits per heavy atom. The van der Waals surface area contributed by atoms with Crippen LogP contribution in [0.5, 0.6) is 0 Å². The van der Waals surface area contributed by atoms with E-state index in [-0.39, 0.29) is 11.3 Å². The van der Waals surface area contributed by atoms with Crippen molar-refractivity contribution in [1.29, 1.82) is 0 Å². The van der Waals surface area contributed by atoms with E-state index in [1.165, 1.54) is 0 Å². The van der Waals surface area contributed by atoms with Crippen LogP contribution in [0.3, 0.4) is 0 Å². The van der Waals surface area contributed by atoms with Crippen LogP contribution in [0.4, 0.5) is 0 Å². The third-order valence-electron chi connectivity index (χ3n) is 2.87. The van der Waals surface area contributed by atoms with Gasteiger partial charge in [-0.05, 0) is 5.41 Å². The molecule has 0 fully saturated rings. The summed E-state index contributed by atoms with van der Waals surface area (Å²) in [5.41, 5.74) is 5.71. The molecule has 1 aromatic rings. The maximum absolute atomic E-state index is 12.1. The number of aromatic nitrogens is 2. The zero-order valence-electron chi connectivity index (χ0n) is 11.3. The number of nitrogens with two attached hydrogens (primary N) is 1. The van der Waals surface area contributed by atoms with Crippen molar-refractivity contribution in [1.82, 2.24) is 14.5 Å². The Balaban J connectivity index is 2.68. The topological polar surface area (TPSA) is 64.2 Å². The first-order valence-electron chi connectivity index (χ1n) is 5.70. The van der Waals surface area contributed by atoms with Gasteiger partial charge < -0.3 is 15.2 Å². The molecule has 0 saturated heterocycles. The van der Waals surface area contributed by atoms with Crippen molar-refractivity contribution in [2.75, 3.05) is 7.05 Å². The predicted octanol–water partition coefficient (Wildman–Crippen LogP) is 0.752. The molecular weight excluding hydrogens is 216 g/mol. The number of aryl methyl sites for hydroxylation is 1. The standard InChI is InChI=1S/C12H22N4O/c1-12(2,3)10(13)11(17)16(5)8-9-14-6-7-15(9)4/h6-7,10H,8,13H2,1-5H3/t10-/m1/s1. The average molecular weight is 238 g/mol. The lowest BCUT2D eigenvalue weighted by Crippen LogP contribution is -2.49. The molecule has 0 spiro atoms. The van der Waals surface area contributed by atoms with E-state index in [2.05, 4.69) is 4.98 Å². The Hall–Kier alpha value is -1.36. The number of nitrogens with zero attached hydrogens (tertiary/aromatic N) is 3. The number of imidazole rings is 1. The maximum atomic E-state index is 12.1. The van der Waals surface area contributed by atoms with E-state index in [4.69, 9.17) is 5.73 Å². The number of carbonyl (C=O) groups excluding carboxylic acids is 1. The van der Waals surface area contributed by atoms with Crippen LogP contribution in [0.15, 0.2) is 12.4 Å². The number of amides is 1. The smallest absolute Gasteiger partial charge is 0.240 e. The van der Waals surface area contributed by atoms with E-state index in [1.54, 1.807) is 18.1 Å². The monoisotopic (exact) mass is 238 g/mol. The number of hydrogen-bond acceptors (Lipinski definition) is 3. The molecule has 1 aromatic heterocycles. The average Bonchev–Trinajstić information content (AvgIpc) is 2.61. The molecule has 0 radical (unpaired) electrons. The minimum Gasteiger partial charge on any atom is -0.337 e. The van der Waals surface area contributed by atoms with Gasteiger partial charge in [-0.15, -0.1) is 0 Å². The Labute approximate surface area is 103 Å². The fourth-order valence-corrected chi connectivity index (χ4v) is 1.45. The molecule has 0 bridgehead atoms. The van der Waals surface area contributed by atoms with Crippen LogP contribution >= 0.6 is 0 Å². The SMILES string of the molecule is CN(Cc1nccn1C)C(=O)[C@@H](N)C(C)(C)C. The van der Waals surface area contributed by atoms with Crippen molar-refractivity contribution in [3.63, 3.8) is 0 Å². The summed E-state index contributed by atoms with van der Waals surface area (Å²) in [5, 5.41) is 0. The number of hydrogen-bond donors (Lipinski definition) is 1. The van der Waals surface area contributed by atoms with Gasteiger partial charge in [0.1, 0.15) is 5.82 Å². The zero-order valence-corrected chi connectivity index (χ0v) is 11.3. The molecule has 1 atom stereocenters. The molecule has 96 valence electrons. The van der Waals surface area contributed by atoms with Gasteiger partial charge in [0.2, 0.25) is 5.91 Å². The van der Waals surface area contributed by atoms with E-state index in [1.807, 2.05) is 38.6 Å². The summed E-state index contributed by atoms with van der Waals surface area (Å²) in [5.74, 6) is 0.794. The zero-order chi connectivity index (χ0) is 13.2. The van der Waals surface area contributed by atoms with Gasteiger partial charge in [-0.3, -0.25) is 4.79 Å². The van der Waals surface area contributed by atoms with Crippen molar-refractivity contribution in [2.24, 2.45) is 18.2 Å². The minimum absolute atomic E-state index is 0.0551. The largest absolute Gasteiger partial charge is 0.337 e. The third-order valence-corrected chi connectivity index (χ3v) is 2.87. The van der Waals surface area contributed by atoms with Crippen LogP contribution < -0.4 is 5.73 Å². The summed E-state index contributed by atoms with van der Waals surface area (Å²) in [6, 6.07) is -0.493. The predicted molar refractivity (Wildman–Crippen MR) is 67.1 cm³/mol. The summed E-state index contributed by atoms with van der Waals surface area (Å²) in [6.07, 6.45) is 3.58. The highest BCUT2D eigenvalue weighted by atomic mass is 16.2. The summed E-state index contributed by atoms with van der Waals surface area (Å²) in [7, 11) is 3.66. The fourth-order valence-electron chi connectivity index (χ4n) is 1.45. The van der Waals surface area contributed by atoms with Crippen molar-refractivity contribution in [3.05, 3.63) is 18.2 Å². The molecule has 0 saturated carbocycles. The Morgan fingerprint density at radius 3 is 2.59 bits per heavy atom. The van der Waals surface area contributed by atoms with Gasteiger partial charge >= 0.3 is 0 Å². The van der Waals surface area contributed by atoms with E-state index in [9.17, 15) is 4.79 Å². The quantitative estimate of drug-likeness (QED) is 0.845. The molecular formula is C12H22N4O. The van der Waals surface area contributed by atoms with Crippen LogP contribution in [-0.2, 0) is 18.4 Å². The first-order chi connectivity index (χ1) is 7.73.